The van der Waals surface area contributed by atoms with Gasteiger partial charge in [0.1, 0.15) is 0 Å². The van der Waals surface area contributed by atoms with E-state index in [4.69, 9.17) is 10.2 Å². The molecule has 72 valence electrons. The van der Waals surface area contributed by atoms with Gasteiger partial charge in [-0.05, 0) is 12.3 Å². The minimum atomic E-state index is -1.73. The number of aliphatic carboxylic acids is 2. The van der Waals surface area contributed by atoms with Crippen molar-refractivity contribution >= 4 is 30.8 Å². The van der Waals surface area contributed by atoms with Crippen molar-refractivity contribution < 1.29 is 19.8 Å². The van der Waals surface area contributed by atoms with E-state index in [1.165, 1.54) is 6.92 Å². The Morgan fingerprint density at radius 2 is 1.15 bits per heavy atom. The summed E-state index contributed by atoms with van der Waals surface area (Å²) in [6.07, 6.45) is 0. The van der Waals surface area contributed by atoms with E-state index in [0.29, 0.717) is 0 Å². The number of carbonyl (C=O) groups is 2. The van der Waals surface area contributed by atoms with Gasteiger partial charge in [-0.3, -0.25) is 9.59 Å². The Balaban J connectivity index is 0. The SMILES string of the molecule is CC(C)(C)C(C)(C(=O)O)C(=O)O.[LiH]. The summed E-state index contributed by atoms with van der Waals surface area (Å²) in [6, 6.07) is 0. The van der Waals surface area contributed by atoms with Crippen LogP contribution in [0.2, 0.25) is 0 Å². The van der Waals surface area contributed by atoms with Crippen LogP contribution < -0.4 is 0 Å². The summed E-state index contributed by atoms with van der Waals surface area (Å²) in [7, 11) is 0. The predicted molar refractivity (Wildman–Crippen MR) is 50.0 cm³/mol. The molecule has 0 heterocycles. The molecule has 0 saturated heterocycles. The maximum absolute atomic E-state index is 10.7. The van der Waals surface area contributed by atoms with Crippen LogP contribution in [0.15, 0.2) is 0 Å². The van der Waals surface area contributed by atoms with Crippen molar-refractivity contribution in [2.45, 2.75) is 27.7 Å². The molecule has 0 aromatic heterocycles. The average Bonchev–Trinajstić information content (AvgIpc) is 1.82. The molecule has 0 saturated carbocycles. The molecule has 0 radical (unpaired) electrons. The Morgan fingerprint density at radius 1 is 0.923 bits per heavy atom. The minimum absolute atomic E-state index is 0. The van der Waals surface area contributed by atoms with Gasteiger partial charge in [-0.15, -0.1) is 0 Å². The Labute approximate surface area is 89.5 Å². The molecule has 0 aliphatic rings. The van der Waals surface area contributed by atoms with Crippen LogP contribution in [0.5, 0.6) is 0 Å². The van der Waals surface area contributed by atoms with E-state index in [1.54, 1.807) is 20.8 Å². The molecule has 4 nitrogen and oxygen atoms in total. The monoisotopic (exact) mass is 182 g/mol. The second kappa shape index (κ2) is 4.17. The van der Waals surface area contributed by atoms with E-state index >= 15 is 0 Å². The van der Waals surface area contributed by atoms with E-state index in [0.717, 1.165) is 0 Å². The van der Waals surface area contributed by atoms with Gasteiger partial charge in [-0.25, -0.2) is 0 Å². The molecule has 0 unspecified atom stereocenters. The standard InChI is InChI=1S/C8H14O4.Li.H/c1-7(2,3)8(4,5(9)10)6(11)12;;/h1-4H3,(H,9,10)(H,11,12);;. The van der Waals surface area contributed by atoms with E-state index in [9.17, 15) is 9.59 Å². The van der Waals surface area contributed by atoms with Crippen LogP contribution in [-0.2, 0) is 9.59 Å². The molecular formula is C8H15LiO4. The summed E-state index contributed by atoms with van der Waals surface area (Å²) in [5, 5.41) is 17.5. The van der Waals surface area contributed by atoms with Gasteiger partial charge in [0.2, 0.25) is 0 Å². The zero-order valence-electron chi connectivity index (χ0n) is 7.71. The average molecular weight is 182 g/mol. The van der Waals surface area contributed by atoms with Crippen LogP contribution in [-0.4, -0.2) is 41.0 Å². The van der Waals surface area contributed by atoms with Gasteiger partial charge in [0.15, 0.2) is 5.41 Å². The van der Waals surface area contributed by atoms with Crippen molar-refractivity contribution in [2.24, 2.45) is 10.8 Å². The zero-order chi connectivity index (χ0) is 10.2. The van der Waals surface area contributed by atoms with Crippen molar-refractivity contribution in [3.63, 3.8) is 0 Å². The normalized spacial score (nSPS) is 11.7. The first-order valence-electron chi connectivity index (χ1n) is 3.61. The quantitative estimate of drug-likeness (QED) is 0.483. The Kier molecular flexibility index (Phi) is 4.82. The van der Waals surface area contributed by atoms with Crippen LogP contribution in [0.1, 0.15) is 27.7 Å². The number of carboxylic acids is 2. The van der Waals surface area contributed by atoms with E-state index in [1.807, 2.05) is 0 Å². The van der Waals surface area contributed by atoms with Crippen LogP contribution in [0, 0.1) is 10.8 Å². The molecule has 0 aromatic carbocycles. The van der Waals surface area contributed by atoms with E-state index in [-0.39, 0.29) is 18.9 Å². The number of hydrogen-bond donors (Lipinski definition) is 2. The van der Waals surface area contributed by atoms with Gasteiger partial charge in [0.25, 0.3) is 0 Å². The number of rotatable bonds is 2. The molecule has 0 rings (SSSR count). The molecule has 0 aliphatic heterocycles. The first-order chi connectivity index (χ1) is 5.14. The molecule has 0 spiro atoms. The zero-order valence-corrected chi connectivity index (χ0v) is 7.71. The second-order valence-corrected chi connectivity index (χ2v) is 3.99. The molecule has 0 amide bonds. The number of hydrogen-bond acceptors (Lipinski definition) is 2. The van der Waals surface area contributed by atoms with Crippen LogP contribution in [0.25, 0.3) is 0 Å². The summed E-state index contributed by atoms with van der Waals surface area (Å²) in [5.74, 6) is -2.61. The van der Waals surface area contributed by atoms with Crippen LogP contribution >= 0.6 is 0 Å². The van der Waals surface area contributed by atoms with Gasteiger partial charge in [-0.2, -0.15) is 0 Å². The van der Waals surface area contributed by atoms with Gasteiger partial charge in [-0.1, -0.05) is 20.8 Å². The Morgan fingerprint density at radius 3 is 1.15 bits per heavy atom. The van der Waals surface area contributed by atoms with Gasteiger partial charge in [0, 0.05) is 0 Å². The molecular weight excluding hydrogens is 167 g/mol. The van der Waals surface area contributed by atoms with Gasteiger partial charge < -0.3 is 10.2 Å². The fraction of sp³-hybridized carbons (Fsp3) is 0.750. The Bertz CT molecular complexity index is 203. The third-order valence-corrected chi connectivity index (χ3v) is 2.36. The van der Waals surface area contributed by atoms with Crippen molar-refractivity contribution in [1.29, 1.82) is 0 Å². The molecule has 0 fully saturated rings. The van der Waals surface area contributed by atoms with Crippen molar-refractivity contribution in [1.82, 2.24) is 0 Å². The van der Waals surface area contributed by atoms with Crippen molar-refractivity contribution in [3.8, 4) is 0 Å². The second-order valence-electron chi connectivity index (χ2n) is 3.99. The molecule has 13 heavy (non-hydrogen) atoms. The molecule has 5 heteroatoms. The molecule has 0 aliphatic carbocycles. The number of carboxylic acid groups (broad SMARTS) is 2. The predicted octanol–water partition coefficient (Wildman–Crippen LogP) is 0.559. The Hall–Kier alpha value is -0.463. The van der Waals surface area contributed by atoms with Crippen LogP contribution in [0.3, 0.4) is 0 Å². The van der Waals surface area contributed by atoms with Gasteiger partial charge in [0.05, 0.1) is 0 Å². The fourth-order valence-electron chi connectivity index (χ4n) is 0.733. The summed E-state index contributed by atoms with van der Waals surface area (Å²) >= 11 is 0. The molecule has 0 aromatic rings. The topological polar surface area (TPSA) is 74.6 Å². The third-order valence-electron chi connectivity index (χ3n) is 2.36. The van der Waals surface area contributed by atoms with Crippen molar-refractivity contribution in [2.75, 3.05) is 0 Å². The van der Waals surface area contributed by atoms with Gasteiger partial charge >= 0.3 is 30.8 Å². The summed E-state index contributed by atoms with van der Waals surface area (Å²) in [6.45, 7) is 6.00. The van der Waals surface area contributed by atoms with E-state index in [2.05, 4.69) is 0 Å². The summed E-state index contributed by atoms with van der Waals surface area (Å²) in [4.78, 5) is 21.5. The van der Waals surface area contributed by atoms with Crippen molar-refractivity contribution in [3.05, 3.63) is 0 Å². The van der Waals surface area contributed by atoms with E-state index < -0.39 is 22.8 Å². The third kappa shape index (κ3) is 2.49. The summed E-state index contributed by atoms with van der Waals surface area (Å²) in [5.41, 5.74) is -2.53. The molecule has 2 N–H and O–H groups in total. The first kappa shape index (κ1) is 15.0. The summed E-state index contributed by atoms with van der Waals surface area (Å²) < 4.78 is 0. The maximum atomic E-state index is 10.7. The first-order valence-corrected chi connectivity index (χ1v) is 3.61. The fourth-order valence-corrected chi connectivity index (χ4v) is 0.733. The molecule has 0 bridgehead atoms. The molecule has 0 atom stereocenters. The van der Waals surface area contributed by atoms with Crippen LogP contribution in [0.4, 0.5) is 0 Å².